The minimum absolute atomic E-state index is 0.197. The molecule has 6 heteroatoms. The Morgan fingerprint density at radius 2 is 1.71 bits per heavy atom. The highest BCUT2D eigenvalue weighted by molar-refractivity contribution is 8.00. The Kier molecular flexibility index (Phi) is 3.01. The predicted octanol–water partition coefficient (Wildman–Crippen LogP) is -2.18. The molecule has 0 aromatic rings. The van der Waals surface area contributed by atoms with Crippen molar-refractivity contribution in [1.29, 1.82) is 0 Å². The van der Waals surface area contributed by atoms with Crippen LogP contribution in [0.4, 0.5) is 0 Å². The zero-order valence-electron chi connectivity index (χ0n) is 7.65. The lowest BCUT2D eigenvalue weighted by atomic mass is 10.1. The highest BCUT2D eigenvalue weighted by Crippen LogP contribution is 2.31. The first-order valence-electron chi connectivity index (χ1n) is 4.69. The molecule has 5 atom stereocenters. The molecular formula is C8H15NO4S. The second kappa shape index (κ2) is 3.96. The normalized spacial score (nSPS) is 50.1. The quantitative estimate of drug-likeness (QED) is 0.372. The lowest BCUT2D eigenvalue weighted by Crippen LogP contribution is -2.45. The molecule has 0 spiro atoms. The SMILES string of the molecule is O[C@H]1[C@H](O)[C@H](O)CN2CCS[C@@H]2[C@H]1O. The number of aliphatic hydroxyl groups excluding tert-OH is 4. The van der Waals surface area contributed by atoms with Crippen LogP contribution in [0.25, 0.3) is 0 Å². The Hall–Kier alpha value is 0.150. The highest BCUT2D eigenvalue weighted by Gasteiger charge is 2.44. The molecule has 0 aliphatic carbocycles. The number of hydrogen-bond acceptors (Lipinski definition) is 6. The van der Waals surface area contributed by atoms with E-state index in [0.29, 0.717) is 6.54 Å². The van der Waals surface area contributed by atoms with Gasteiger partial charge in [0.15, 0.2) is 0 Å². The van der Waals surface area contributed by atoms with Crippen molar-refractivity contribution < 1.29 is 20.4 Å². The van der Waals surface area contributed by atoms with Crippen LogP contribution in [0, 0.1) is 0 Å². The van der Waals surface area contributed by atoms with Crippen molar-refractivity contribution in [1.82, 2.24) is 4.90 Å². The van der Waals surface area contributed by atoms with Crippen LogP contribution >= 0.6 is 11.8 Å². The van der Waals surface area contributed by atoms with E-state index in [1.54, 1.807) is 11.8 Å². The fourth-order valence-corrected chi connectivity index (χ4v) is 3.32. The third kappa shape index (κ3) is 1.66. The Morgan fingerprint density at radius 1 is 1.00 bits per heavy atom. The minimum Gasteiger partial charge on any atom is -0.389 e. The van der Waals surface area contributed by atoms with E-state index < -0.39 is 24.4 Å². The maximum absolute atomic E-state index is 9.73. The Labute approximate surface area is 86.3 Å². The summed E-state index contributed by atoms with van der Waals surface area (Å²) in [4.78, 5) is 1.90. The molecule has 2 saturated heterocycles. The molecule has 0 amide bonds. The van der Waals surface area contributed by atoms with Gasteiger partial charge in [0, 0.05) is 18.8 Å². The molecule has 0 unspecified atom stereocenters. The highest BCUT2D eigenvalue weighted by atomic mass is 32.2. The van der Waals surface area contributed by atoms with Crippen molar-refractivity contribution in [3.05, 3.63) is 0 Å². The van der Waals surface area contributed by atoms with Gasteiger partial charge in [-0.3, -0.25) is 4.90 Å². The van der Waals surface area contributed by atoms with E-state index in [-0.39, 0.29) is 5.37 Å². The van der Waals surface area contributed by atoms with Gasteiger partial charge < -0.3 is 20.4 Å². The molecule has 2 fully saturated rings. The largest absolute Gasteiger partial charge is 0.389 e. The van der Waals surface area contributed by atoms with E-state index in [1.165, 1.54) is 0 Å². The van der Waals surface area contributed by atoms with E-state index in [4.69, 9.17) is 0 Å². The van der Waals surface area contributed by atoms with Crippen LogP contribution in [0.2, 0.25) is 0 Å². The van der Waals surface area contributed by atoms with Crippen molar-refractivity contribution in [2.45, 2.75) is 29.8 Å². The topological polar surface area (TPSA) is 84.2 Å². The van der Waals surface area contributed by atoms with Crippen molar-refractivity contribution in [3.8, 4) is 0 Å². The first-order valence-corrected chi connectivity index (χ1v) is 5.74. The standard InChI is InChI=1S/C8H15NO4S/c10-4-3-9-1-2-14-8(9)7(13)6(12)5(4)11/h4-8,10-13H,1-3H2/t4-,5-,6+,7+,8-/m1/s1. The van der Waals surface area contributed by atoms with Gasteiger partial charge in [-0.15, -0.1) is 11.8 Å². The molecule has 0 saturated carbocycles. The first-order chi connectivity index (χ1) is 6.61. The van der Waals surface area contributed by atoms with Crippen LogP contribution in [0.15, 0.2) is 0 Å². The number of hydrogen-bond donors (Lipinski definition) is 4. The van der Waals surface area contributed by atoms with Gasteiger partial charge in [-0.25, -0.2) is 0 Å². The molecule has 82 valence electrons. The van der Waals surface area contributed by atoms with Gasteiger partial charge >= 0.3 is 0 Å². The van der Waals surface area contributed by atoms with Gasteiger partial charge in [0.25, 0.3) is 0 Å². The molecule has 2 rings (SSSR count). The number of aliphatic hydroxyl groups is 4. The lowest BCUT2D eigenvalue weighted by Gasteiger charge is -2.26. The van der Waals surface area contributed by atoms with E-state index in [9.17, 15) is 20.4 Å². The summed E-state index contributed by atoms with van der Waals surface area (Å²) in [5.41, 5.74) is 0. The molecule has 14 heavy (non-hydrogen) atoms. The van der Waals surface area contributed by atoms with Crippen LogP contribution in [0.5, 0.6) is 0 Å². The summed E-state index contributed by atoms with van der Waals surface area (Å²) in [7, 11) is 0. The van der Waals surface area contributed by atoms with E-state index in [1.807, 2.05) is 4.90 Å². The molecule has 2 heterocycles. The number of thioether (sulfide) groups is 1. The van der Waals surface area contributed by atoms with E-state index >= 15 is 0 Å². The molecule has 0 aromatic carbocycles. The third-order valence-electron chi connectivity index (χ3n) is 2.83. The summed E-state index contributed by atoms with van der Waals surface area (Å²) in [6.45, 7) is 1.09. The third-order valence-corrected chi connectivity index (χ3v) is 4.17. The Bertz CT molecular complexity index is 218. The Morgan fingerprint density at radius 3 is 2.43 bits per heavy atom. The van der Waals surface area contributed by atoms with E-state index in [0.717, 1.165) is 12.3 Å². The van der Waals surface area contributed by atoms with Gasteiger partial charge in [-0.1, -0.05) is 0 Å². The van der Waals surface area contributed by atoms with Crippen molar-refractivity contribution in [3.63, 3.8) is 0 Å². The zero-order chi connectivity index (χ0) is 10.3. The number of fused-ring (bicyclic) bond motifs is 1. The van der Waals surface area contributed by atoms with Crippen molar-refractivity contribution >= 4 is 11.8 Å². The average Bonchev–Trinajstić information content (AvgIpc) is 2.59. The van der Waals surface area contributed by atoms with Crippen LogP contribution in [0.3, 0.4) is 0 Å². The van der Waals surface area contributed by atoms with Gasteiger partial charge in [-0.05, 0) is 0 Å². The maximum Gasteiger partial charge on any atom is 0.111 e. The maximum atomic E-state index is 9.73. The monoisotopic (exact) mass is 221 g/mol. The van der Waals surface area contributed by atoms with E-state index in [2.05, 4.69) is 0 Å². The molecule has 5 nitrogen and oxygen atoms in total. The molecular weight excluding hydrogens is 206 g/mol. The van der Waals surface area contributed by atoms with Gasteiger partial charge in [0.2, 0.25) is 0 Å². The van der Waals surface area contributed by atoms with Crippen molar-refractivity contribution in [2.75, 3.05) is 18.8 Å². The average molecular weight is 221 g/mol. The zero-order valence-corrected chi connectivity index (χ0v) is 8.47. The van der Waals surface area contributed by atoms with Crippen LogP contribution < -0.4 is 0 Å². The summed E-state index contributed by atoms with van der Waals surface area (Å²) < 4.78 is 0. The van der Waals surface area contributed by atoms with Gasteiger partial charge in [0.1, 0.15) is 18.3 Å². The molecule has 4 N–H and O–H groups in total. The van der Waals surface area contributed by atoms with Crippen LogP contribution in [-0.2, 0) is 0 Å². The Balaban J connectivity index is 2.17. The minimum atomic E-state index is -1.26. The molecule has 0 aromatic heterocycles. The summed E-state index contributed by atoms with van der Waals surface area (Å²) in [5, 5.41) is 38.1. The fraction of sp³-hybridized carbons (Fsp3) is 1.00. The predicted molar refractivity (Wildman–Crippen MR) is 51.8 cm³/mol. The lowest BCUT2D eigenvalue weighted by molar-refractivity contribution is -0.0911. The van der Waals surface area contributed by atoms with Crippen molar-refractivity contribution in [2.24, 2.45) is 0 Å². The first kappa shape index (κ1) is 10.7. The van der Waals surface area contributed by atoms with Crippen LogP contribution in [0.1, 0.15) is 0 Å². The summed E-state index contributed by atoms with van der Waals surface area (Å²) in [6, 6.07) is 0. The van der Waals surface area contributed by atoms with Crippen LogP contribution in [-0.4, -0.2) is 74.0 Å². The number of nitrogens with zero attached hydrogens (tertiary/aromatic N) is 1. The summed E-state index contributed by atoms with van der Waals surface area (Å²) in [6.07, 6.45) is -4.49. The number of rotatable bonds is 0. The van der Waals surface area contributed by atoms with Gasteiger partial charge in [0.05, 0.1) is 11.5 Å². The second-order valence-electron chi connectivity index (χ2n) is 3.80. The van der Waals surface area contributed by atoms with Gasteiger partial charge in [-0.2, -0.15) is 0 Å². The molecule has 0 radical (unpaired) electrons. The molecule has 2 aliphatic rings. The molecule has 2 aliphatic heterocycles. The smallest absolute Gasteiger partial charge is 0.111 e. The second-order valence-corrected chi connectivity index (χ2v) is 5.02. The molecule has 0 bridgehead atoms. The fourth-order valence-electron chi connectivity index (χ4n) is 1.98. The summed E-state index contributed by atoms with van der Waals surface area (Å²) in [5.74, 6) is 0.886. The summed E-state index contributed by atoms with van der Waals surface area (Å²) >= 11 is 1.55.